The smallest absolute Gasteiger partial charge is 0.0835 e. The Morgan fingerprint density at radius 1 is 1.20 bits per heavy atom. The van der Waals surface area contributed by atoms with Crippen molar-refractivity contribution in [3.63, 3.8) is 0 Å². The third kappa shape index (κ3) is 2.77. The molecule has 1 saturated carbocycles. The minimum absolute atomic E-state index is 0.0678. The quantitative estimate of drug-likeness (QED) is 0.903. The molecule has 0 bridgehead atoms. The van der Waals surface area contributed by atoms with Gasteiger partial charge < -0.3 is 10.5 Å². The molecule has 2 N–H and O–H groups in total. The number of rotatable bonds is 3. The van der Waals surface area contributed by atoms with Crippen molar-refractivity contribution < 1.29 is 4.74 Å². The topological polar surface area (TPSA) is 35.2 Å². The summed E-state index contributed by atoms with van der Waals surface area (Å²) in [5, 5.41) is 0. The third-order valence-electron chi connectivity index (χ3n) is 5.26. The van der Waals surface area contributed by atoms with Crippen LogP contribution in [0.3, 0.4) is 0 Å². The van der Waals surface area contributed by atoms with E-state index in [1.165, 1.54) is 36.8 Å². The van der Waals surface area contributed by atoms with Crippen molar-refractivity contribution in [2.24, 2.45) is 11.7 Å². The average molecular weight is 273 g/mol. The summed E-state index contributed by atoms with van der Waals surface area (Å²) < 4.78 is 6.62. The highest BCUT2D eigenvalue weighted by molar-refractivity contribution is 5.31. The zero-order valence-corrected chi connectivity index (χ0v) is 12.6. The number of fused-ring (bicyclic) bond motifs is 1. The molecule has 2 aliphatic rings. The second-order valence-corrected chi connectivity index (χ2v) is 6.77. The van der Waals surface area contributed by atoms with Crippen LogP contribution >= 0.6 is 0 Å². The van der Waals surface area contributed by atoms with Crippen LogP contribution in [0.25, 0.3) is 0 Å². The van der Waals surface area contributed by atoms with E-state index in [2.05, 4.69) is 31.2 Å². The first-order chi connectivity index (χ1) is 9.72. The van der Waals surface area contributed by atoms with E-state index < -0.39 is 0 Å². The Hall–Kier alpha value is -0.860. The molecule has 2 aliphatic carbocycles. The molecule has 1 atom stereocenters. The normalized spacial score (nSPS) is 33.7. The van der Waals surface area contributed by atoms with E-state index in [1.807, 2.05) is 0 Å². The number of hydrogen-bond acceptors (Lipinski definition) is 2. The minimum Gasteiger partial charge on any atom is -0.366 e. The summed E-state index contributed by atoms with van der Waals surface area (Å²) in [6.45, 7) is 3.01. The zero-order chi connectivity index (χ0) is 14.0. The van der Waals surface area contributed by atoms with Gasteiger partial charge in [-0.2, -0.15) is 0 Å². The number of ether oxygens (including phenoxy) is 1. The van der Waals surface area contributed by atoms with Gasteiger partial charge in [0.05, 0.1) is 11.7 Å². The molecule has 1 aromatic rings. The highest BCUT2D eigenvalue weighted by Gasteiger charge is 2.37. The van der Waals surface area contributed by atoms with Crippen LogP contribution in [0, 0.1) is 5.92 Å². The van der Waals surface area contributed by atoms with Gasteiger partial charge in [-0.15, -0.1) is 0 Å². The van der Waals surface area contributed by atoms with Gasteiger partial charge in [0.15, 0.2) is 0 Å². The standard InChI is InChI=1S/C18H27NO/c1-14-9-11-18(13-19,12-10-14)20-17-8-4-6-15-5-2-3-7-16(15)17/h2-3,5,7,14,17H,4,6,8-13,19H2,1H3. The van der Waals surface area contributed by atoms with Gasteiger partial charge in [0.2, 0.25) is 0 Å². The predicted molar refractivity (Wildman–Crippen MR) is 82.6 cm³/mol. The van der Waals surface area contributed by atoms with Crippen LogP contribution in [0.4, 0.5) is 0 Å². The predicted octanol–water partition coefficient (Wildman–Crippen LogP) is 3.99. The van der Waals surface area contributed by atoms with E-state index in [1.54, 1.807) is 0 Å². The molecular weight excluding hydrogens is 246 g/mol. The summed E-state index contributed by atoms with van der Waals surface area (Å²) in [7, 11) is 0. The lowest BCUT2D eigenvalue weighted by atomic mass is 9.79. The van der Waals surface area contributed by atoms with Crippen molar-refractivity contribution in [2.75, 3.05) is 6.54 Å². The summed E-state index contributed by atoms with van der Waals surface area (Å²) in [5.41, 5.74) is 8.91. The Kier molecular flexibility index (Phi) is 4.13. The second-order valence-electron chi connectivity index (χ2n) is 6.77. The highest BCUT2D eigenvalue weighted by atomic mass is 16.5. The van der Waals surface area contributed by atoms with Crippen molar-refractivity contribution in [1.82, 2.24) is 0 Å². The fourth-order valence-corrected chi connectivity index (χ4v) is 3.79. The number of hydrogen-bond donors (Lipinski definition) is 1. The van der Waals surface area contributed by atoms with E-state index in [0.717, 1.165) is 25.2 Å². The molecule has 0 radical (unpaired) electrons. The van der Waals surface area contributed by atoms with Crippen LogP contribution in [-0.2, 0) is 11.2 Å². The zero-order valence-electron chi connectivity index (χ0n) is 12.6. The first-order valence-corrected chi connectivity index (χ1v) is 8.18. The molecule has 1 unspecified atom stereocenters. The monoisotopic (exact) mass is 273 g/mol. The summed E-state index contributed by atoms with van der Waals surface area (Å²) in [6, 6.07) is 8.78. The van der Waals surface area contributed by atoms with Crippen LogP contribution < -0.4 is 5.73 Å². The molecule has 20 heavy (non-hydrogen) atoms. The lowest BCUT2D eigenvalue weighted by Crippen LogP contribution is -2.45. The first kappa shape index (κ1) is 14.1. The fourth-order valence-electron chi connectivity index (χ4n) is 3.79. The van der Waals surface area contributed by atoms with E-state index in [-0.39, 0.29) is 11.7 Å². The maximum atomic E-state index is 6.62. The molecule has 2 nitrogen and oxygen atoms in total. The van der Waals surface area contributed by atoms with E-state index in [9.17, 15) is 0 Å². The maximum absolute atomic E-state index is 6.62. The Balaban J connectivity index is 1.77. The van der Waals surface area contributed by atoms with Gasteiger partial charge in [-0.05, 0) is 62.0 Å². The largest absolute Gasteiger partial charge is 0.366 e. The molecule has 110 valence electrons. The average Bonchev–Trinajstić information content (AvgIpc) is 2.50. The van der Waals surface area contributed by atoms with E-state index >= 15 is 0 Å². The van der Waals surface area contributed by atoms with Crippen LogP contribution in [-0.4, -0.2) is 12.1 Å². The Morgan fingerprint density at radius 3 is 2.70 bits per heavy atom. The molecule has 0 saturated heterocycles. The van der Waals surface area contributed by atoms with Gasteiger partial charge >= 0.3 is 0 Å². The van der Waals surface area contributed by atoms with Gasteiger partial charge in [-0.1, -0.05) is 31.2 Å². The van der Waals surface area contributed by atoms with Crippen molar-refractivity contribution in [1.29, 1.82) is 0 Å². The lowest BCUT2D eigenvalue weighted by Gasteiger charge is -2.42. The molecule has 0 amide bonds. The van der Waals surface area contributed by atoms with E-state index in [4.69, 9.17) is 10.5 Å². The summed E-state index contributed by atoms with van der Waals surface area (Å²) in [5.74, 6) is 0.830. The molecule has 2 heteroatoms. The highest BCUT2D eigenvalue weighted by Crippen LogP contribution is 2.41. The number of benzene rings is 1. The Morgan fingerprint density at radius 2 is 1.95 bits per heavy atom. The van der Waals surface area contributed by atoms with Crippen LogP contribution in [0.5, 0.6) is 0 Å². The van der Waals surface area contributed by atoms with Gasteiger partial charge in [0.25, 0.3) is 0 Å². The van der Waals surface area contributed by atoms with Gasteiger partial charge in [-0.3, -0.25) is 0 Å². The van der Waals surface area contributed by atoms with Crippen molar-refractivity contribution in [3.8, 4) is 0 Å². The molecule has 0 spiro atoms. The fraction of sp³-hybridized carbons (Fsp3) is 0.667. The van der Waals surface area contributed by atoms with E-state index in [0.29, 0.717) is 6.54 Å². The van der Waals surface area contributed by atoms with Gasteiger partial charge in [0, 0.05) is 6.54 Å². The molecule has 0 aromatic heterocycles. The van der Waals surface area contributed by atoms with Gasteiger partial charge in [-0.25, -0.2) is 0 Å². The second kappa shape index (κ2) is 5.87. The van der Waals surface area contributed by atoms with Crippen LogP contribution in [0.15, 0.2) is 24.3 Å². The first-order valence-electron chi connectivity index (χ1n) is 8.18. The van der Waals surface area contributed by atoms with Crippen molar-refractivity contribution >= 4 is 0 Å². The van der Waals surface area contributed by atoms with Crippen LogP contribution in [0.1, 0.15) is 62.7 Å². The Bertz CT molecular complexity index is 448. The number of aryl methyl sites for hydroxylation is 1. The van der Waals surface area contributed by atoms with Crippen molar-refractivity contribution in [2.45, 2.75) is 63.6 Å². The molecule has 3 rings (SSSR count). The Labute approximate surface area is 122 Å². The molecular formula is C18H27NO. The maximum Gasteiger partial charge on any atom is 0.0835 e. The number of nitrogens with two attached hydrogens (primary N) is 1. The minimum atomic E-state index is -0.0678. The lowest BCUT2D eigenvalue weighted by molar-refractivity contribution is -0.120. The summed E-state index contributed by atoms with van der Waals surface area (Å²) in [6.07, 6.45) is 8.61. The SMILES string of the molecule is CC1CCC(CN)(OC2CCCc3ccccc32)CC1. The molecule has 0 heterocycles. The van der Waals surface area contributed by atoms with Crippen LogP contribution in [0.2, 0.25) is 0 Å². The molecule has 0 aliphatic heterocycles. The summed E-state index contributed by atoms with van der Waals surface area (Å²) in [4.78, 5) is 0. The summed E-state index contributed by atoms with van der Waals surface area (Å²) >= 11 is 0. The molecule has 1 aromatic carbocycles. The van der Waals surface area contributed by atoms with Gasteiger partial charge in [0.1, 0.15) is 0 Å². The molecule has 1 fully saturated rings. The van der Waals surface area contributed by atoms with Crippen molar-refractivity contribution in [3.05, 3.63) is 35.4 Å². The third-order valence-corrected chi connectivity index (χ3v) is 5.26.